The second-order valence-electron chi connectivity index (χ2n) is 4.56. The van der Waals surface area contributed by atoms with Crippen molar-refractivity contribution in [2.24, 2.45) is 5.73 Å². The first kappa shape index (κ1) is 11.6. The Morgan fingerprint density at radius 2 is 2.38 bits per heavy atom. The summed E-state index contributed by atoms with van der Waals surface area (Å²) in [4.78, 5) is 4.36. The van der Waals surface area contributed by atoms with Crippen molar-refractivity contribution in [3.8, 4) is 0 Å². The van der Waals surface area contributed by atoms with E-state index in [1.54, 1.807) is 7.11 Å². The molecular weight excluding hydrogens is 202 g/mol. The van der Waals surface area contributed by atoms with Gasteiger partial charge in [-0.05, 0) is 26.2 Å². The van der Waals surface area contributed by atoms with Gasteiger partial charge in [0.2, 0.25) is 0 Å². The molecule has 1 aliphatic carbocycles. The van der Waals surface area contributed by atoms with Gasteiger partial charge < -0.3 is 15.0 Å². The Bertz CT molecular complexity index is 338. The maximum absolute atomic E-state index is 6.26. The SMILES string of the molecule is CCn1ccnc1CC(N)C1(OC)CCC1. The number of aromatic nitrogens is 2. The minimum Gasteiger partial charge on any atom is -0.377 e. The molecule has 1 aromatic rings. The topological polar surface area (TPSA) is 53.1 Å². The maximum Gasteiger partial charge on any atom is 0.110 e. The summed E-state index contributed by atoms with van der Waals surface area (Å²) in [6, 6.07) is 0.0546. The third kappa shape index (κ3) is 1.87. The van der Waals surface area contributed by atoms with E-state index in [0.717, 1.165) is 31.6 Å². The minimum atomic E-state index is -0.0927. The molecular formula is C12H21N3O. The van der Waals surface area contributed by atoms with Crippen LogP contribution in [0.1, 0.15) is 32.0 Å². The monoisotopic (exact) mass is 223 g/mol. The molecule has 1 atom stereocenters. The summed E-state index contributed by atoms with van der Waals surface area (Å²) in [5, 5.41) is 0. The van der Waals surface area contributed by atoms with E-state index in [4.69, 9.17) is 10.5 Å². The van der Waals surface area contributed by atoms with E-state index in [2.05, 4.69) is 16.5 Å². The predicted molar refractivity (Wildman–Crippen MR) is 63.2 cm³/mol. The van der Waals surface area contributed by atoms with Crippen molar-refractivity contribution in [1.29, 1.82) is 0 Å². The first-order valence-electron chi connectivity index (χ1n) is 6.02. The Kier molecular flexibility index (Phi) is 3.30. The lowest BCUT2D eigenvalue weighted by molar-refractivity contribution is -0.0901. The van der Waals surface area contributed by atoms with Crippen LogP contribution in [0.4, 0.5) is 0 Å². The van der Waals surface area contributed by atoms with E-state index in [-0.39, 0.29) is 11.6 Å². The minimum absolute atomic E-state index is 0.0546. The van der Waals surface area contributed by atoms with Gasteiger partial charge in [0.15, 0.2) is 0 Å². The van der Waals surface area contributed by atoms with E-state index in [1.807, 2.05) is 12.4 Å². The molecule has 16 heavy (non-hydrogen) atoms. The molecule has 0 bridgehead atoms. The van der Waals surface area contributed by atoms with Crippen molar-refractivity contribution in [3.05, 3.63) is 18.2 Å². The lowest BCUT2D eigenvalue weighted by Crippen LogP contribution is -2.55. The molecule has 0 saturated heterocycles. The maximum atomic E-state index is 6.26. The third-order valence-electron chi connectivity index (χ3n) is 3.83. The highest BCUT2D eigenvalue weighted by molar-refractivity contribution is 5.04. The standard InChI is InChI=1S/C12H21N3O/c1-3-15-8-7-14-11(15)9-10(13)12(16-2)5-4-6-12/h7-8,10H,3-6,9,13H2,1-2H3. The second kappa shape index (κ2) is 4.55. The molecule has 1 aliphatic rings. The van der Waals surface area contributed by atoms with Gasteiger partial charge in [0.25, 0.3) is 0 Å². The van der Waals surface area contributed by atoms with Crippen LogP contribution < -0.4 is 5.73 Å². The first-order valence-corrected chi connectivity index (χ1v) is 6.02. The van der Waals surface area contributed by atoms with E-state index < -0.39 is 0 Å². The van der Waals surface area contributed by atoms with Gasteiger partial charge >= 0.3 is 0 Å². The zero-order chi connectivity index (χ0) is 11.6. The zero-order valence-corrected chi connectivity index (χ0v) is 10.1. The Labute approximate surface area is 96.8 Å². The van der Waals surface area contributed by atoms with Crippen LogP contribution in [0.2, 0.25) is 0 Å². The quantitative estimate of drug-likeness (QED) is 0.819. The predicted octanol–water partition coefficient (Wildman–Crippen LogP) is 1.34. The van der Waals surface area contributed by atoms with E-state index in [1.165, 1.54) is 6.42 Å². The molecule has 0 spiro atoms. The molecule has 90 valence electrons. The van der Waals surface area contributed by atoms with Crippen LogP contribution >= 0.6 is 0 Å². The number of ether oxygens (including phenoxy) is 1. The smallest absolute Gasteiger partial charge is 0.110 e. The second-order valence-corrected chi connectivity index (χ2v) is 4.56. The fraction of sp³-hybridized carbons (Fsp3) is 0.750. The van der Waals surface area contributed by atoms with Crippen molar-refractivity contribution in [3.63, 3.8) is 0 Å². The lowest BCUT2D eigenvalue weighted by atomic mass is 9.73. The number of aryl methyl sites for hydroxylation is 1. The molecule has 0 radical (unpaired) electrons. The van der Waals surface area contributed by atoms with Crippen LogP contribution in [0, 0.1) is 0 Å². The van der Waals surface area contributed by atoms with Gasteiger partial charge in [0, 0.05) is 38.5 Å². The molecule has 0 aliphatic heterocycles. The highest BCUT2D eigenvalue weighted by Crippen LogP contribution is 2.38. The van der Waals surface area contributed by atoms with Crippen molar-refractivity contribution >= 4 is 0 Å². The molecule has 1 fully saturated rings. The Morgan fingerprint density at radius 3 is 2.88 bits per heavy atom. The highest BCUT2D eigenvalue weighted by Gasteiger charge is 2.42. The van der Waals surface area contributed by atoms with Crippen LogP contribution in [0.5, 0.6) is 0 Å². The summed E-state index contributed by atoms with van der Waals surface area (Å²) in [5.41, 5.74) is 6.17. The summed E-state index contributed by atoms with van der Waals surface area (Å²) in [6.07, 6.45) is 8.03. The molecule has 0 amide bonds. The normalized spacial score (nSPS) is 20.4. The summed E-state index contributed by atoms with van der Waals surface area (Å²) in [7, 11) is 1.77. The number of nitrogens with two attached hydrogens (primary N) is 1. The zero-order valence-electron chi connectivity index (χ0n) is 10.1. The van der Waals surface area contributed by atoms with Gasteiger partial charge in [-0.15, -0.1) is 0 Å². The summed E-state index contributed by atoms with van der Waals surface area (Å²) in [5.74, 6) is 1.07. The summed E-state index contributed by atoms with van der Waals surface area (Å²) in [6.45, 7) is 3.06. The van der Waals surface area contributed by atoms with Crippen molar-refractivity contribution in [2.45, 2.75) is 50.8 Å². The van der Waals surface area contributed by atoms with Crippen LogP contribution in [0.15, 0.2) is 12.4 Å². The summed E-state index contributed by atoms with van der Waals surface area (Å²) < 4.78 is 7.74. The first-order chi connectivity index (χ1) is 7.72. The molecule has 1 aromatic heterocycles. The largest absolute Gasteiger partial charge is 0.377 e. The highest BCUT2D eigenvalue weighted by atomic mass is 16.5. The fourth-order valence-corrected chi connectivity index (χ4v) is 2.45. The van der Waals surface area contributed by atoms with Crippen LogP contribution in [-0.2, 0) is 17.7 Å². The van der Waals surface area contributed by atoms with Gasteiger partial charge in [0.1, 0.15) is 5.82 Å². The summed E-state index contributed by atoms with van der Waals surface area (Å²) >= 11 is 0. The number of hydrogen-bond donors (Lipinski definition) is 1. The van der Waals surface area contributed by atoms with Crippen LogP contribution in [0.3, 0.4) is 0 Å². The van der Waals surface area contributed by atoms with Crippen molar-refractivity contribution in [1.82, 2.24) is 9.55 Å². The molecule has 4 nitrogen and oxygen atoms in total. The van der Waals surface area contributed by atoms with Gasteiger partial charge in [-0.3, -0.25) is 0 Å². The molecule has 1 unspecified atom stereocenters. The molecule has 2 rings (SSSR count). The van der Waals surface area contributed by atoms with Gasteiger partial charge in [-0.25, -0.2) is 4.98 Å². The Balaban J connectivity index is 2.04. The Morgan fingerprint density at radius 1 is 1.62 bits per heavy atom. The van der Waals surface area contributed by atoms with Crippen LogP contribution in [0.25, 0.3) is 0 Å². The van der Waals surface area contributed by atoms with Gasteiger partial charge in [-0.2, -0.15) is 0 Å². The fourth-order valence-electron chi connectivity index (χ4n) is 2.45. The number of methoxy groups -OCH3 is 1. The number of nitrogens with zero attached hydrogens (tertiary/aromatic N) is 2. The van der Waals surface area contributed by atoms with E-state index >= 15 is 0 Å². The van der Waals surface area contributed by atoms with Crippen molar-refractivity contribution in [2.75, 3.05) is 7.11 Å². The molecule has 1 heterocycles. The number of rotatable bonds is 5. The molecule has 4 heteroatoms. The van der Waals surface area contributed by atoms with E-state index in [9.17, 15) is 0 Å². The van der Waals surface area contributed by atoms with Crippen molar-refractivity contribution < 1.29 is 4.74 Å². The van der Waals surface area contributed by atoms with Gasteiger partial charge in [0.05, 0.1) is 5.60 Å². The van der Waals surface area contributed by atoms with Crippen LogP contribution in [-0.4, -0.2) is 28.3 Å². The lowest BCUT2D eigenvalue weighted by Gasteiger charge is -2.44. The average molecular weight is 223 g/mol. The molecule has 1 saturated carbocycles. The number of hydrogen-bond acceptors (Lipinski definition) is 3. The Hall–Kier alpha value is -0.870. The number of imidazole rings is 1. The molecule has 0 aromatic carbocycles. The van der Waals surface area contributed by atoms with Gasteiger partial charge in [-0.1, -0.05) is 0 Å². The molecule has 2 N–H and O–H groups in total. The third-order valence-corrected chi connectivity index (χ3v) is 3.83. The average Bonchev–Trinajstić information content (AvgIpc) is 2.64. The van der Waals surface area contributed by atoms with E-state index in [0.29, 0.717) is 0 Å².